The summed E-state index contributed by atoms with van der Waals surface area (Å²) in [7, 11) is 0. The Bertz CT molecular complexity index is 270. The molecule has 0 aromatic rings. The molecule has 2 rings (SSSR count). The maximum absolute atomic E-state index is 9.31. The smallest absolute Gasteiger partial charge is 0.109 e. The fourth-order valence-corrected chi connectivity index (χ4v) is 2.42. The van der Waals surface area contributed by atoms with Crippen molar-refractivity contribution < 1.29 is 4.74 Å². The van der Waals surface area contributed by atoms with Crippen molar-refractivity contribution in [2.75, 3.05) is 6.61 Å². The van der Waals surface area contributed by atoms with Crippen molar-refractivity contribution in [3.8, 4) is 6.07 Å². The highest BCUT2D eigenvalue weighted by atomic mass is 16.5. The second-order valence-electron chi connectivity index (χ2n) is 5.20. The summed E-state index contributed by atoms with van der Waals surface area (Å²) < 4.78 is 5.81. The van der Waals surface area contributed by atoms with E-state index in [9.17, 15) is 5.26 Å². The van der Waals surface area contributed by atoms with Gasteiger partial charge in [0.1, 0.15) is 5.54 Å². The van der Waals surface area contributed by atoms with E-state index in [4.69, 9.17) is 4.74 Å². The standard InChI is InChI=1S/C13H22N2O/c1-2-3-8-16-12-6-7-13(9-12,10-14)15-11-4-5-11/h11-12,15H,2-9H2,1H3. The number of nitrogens with zero attached hydrogens (tertiary/aromatic N) is 1. The average molecular weight is 222 g/mol. The topological polar surface area (TPSA) is 45.0 Å². The van der Waals surface area contributed by atoms with Crippen molar-refractivity contribution >= 4 is 0 Å². The maximum Gasteiger partial charge on any atom is 0.109 e. The summed E-state index contributed by atoms with van der Waals surface area (Å²) >= 11 is 0. The Morgan fingerprint density at radius 2 is 2.25 bits per heavy atom. The molecule has 1 N–H and O–H groups in total. The molecule has 0 bridgehead atoms. The zero-order valence-corrected chi connectivity index (χ0v) is 10.2. The van der Waals surface area contributed by atoms with Crippen molar-refractivity contribution in [2.45, 2.75) is 69.6 Å². The van der Waals surface area contributed by atoms with Crippen LogP contribution in [0.25, 0.3) is 0 Å². The normalized spacial score (nSPS) is 33.9. The third-order valence-electron chi connectivity index (χ3n) is 3.59. The molecule has 2 aliphatic rings. The molecular weight excluding hydrogens is 200 g/mol. The minimum Gasteiger partial charge on any atom is -0.378 e. The molecule has 0 spiro atoms. The summed E-state index contributed by atoms with van der Waals surface area (Å²) in [5.41, 5.74) is -0.280. The van der Waals surface area contributed by atoms with Crippen LogP contribution in [-0.4, -0.2) is 24.3 Å². The van der Waals surface area contributed by atoms with Gasteiger partial charge in [-0.3, -0.25) is 5.32 Å². The van der Waals surface area contributed by atoms with Crippen LogP contribution in [0.15, 0.2) is 0 Å². The van der Waals surface area contributed by atoms with Gasteiger partial charge >= 0.3 is 0 Å². The molecule has 2 atom stereocenters. The molecule has 90 valence electrons. The third-order valence-corrected chi connectivity index (χ3v) is 3.59. The first-order valence-corrected chi connectivity index (χ1v) is 6.58. The number of rotatable bonds is 6. The Labute approximate surface area is 98.2 Å². The van der Waals surface area contributed by atoms with Gasteiger partial charge in [0, 0.05) is 19.1 Å². The van der Waals surface area contributed by atoms with Gasteiger partial charge in [-0.25, -0.2) is 0 Å². The molecule has 2 saturated carbocycles. The van der Waals surface area contributed by atoms with E-state index in [1.807, 2.05) is 0 Å². The van der Waals surface area contributed by atoms with E-state index in [2.05, 4.69) is 18.3 Å². The van der Waals surface area contributed by atoms with Crippen LogP contribution in [0.2, 0.25) is 0 Å². The van der Waals surface area contributed by atoms with Crippen molar-refractivity contribution in [3.05, 3.63) is 0 Å². The molecule has 0 amide bonds. The second kappa shape index (κ2) is 5.16. The number of nitrogens with one attached hydrogen (secondary N) is 1. The van der Waals surface area contributed by atoms with Crippen molar-refractivity contribution in [3.63, 3.8) is 0 Å². The van der Waals surface area contributed by atoms with Crippen molar-refractivity contribution in [1.29, 1.82) is 5.26 Å². The van der Waals surface area contributed by atoms with Gasteiger partial charge in [0.2, 0.25) is 0 Å². The number of nitriles is 1. The van der Waals surface area contributed by atoms with Gasteiger partial charge in [0.15, 0.2) is 0 Å². The van der Waals surface area contributed by atoms with Gasteiger partial charge in [-0.1, -0.05) is 13.3 Å². The molecule has 3 heteroatoms. The van der Waals surface area contributed by atoms with Gasteiger partial charge in [-0.2, -0.15) is 5.26 Å². The monoisotopic (exact) mass is 222 g/mol. The highest BCUT2D eigenvalue weighted by molar-refractivity contribution is 5.14. The number of ether oxygens (including phenoxy) is 1. The van der Waals surface area contributed by atoms with E-state index in [-0.39, 0.29) is 5.54 Å². The van der Waals surface area contributed by atoms with Crippen LogP contribution in [0.3, 0.4) is 0 Å². The first kappa shape index (κ1) is 11.9. The summed E-state index contributed by atoms with van der Waals surface area (Å²) in [6.07, 6.45) is 7.97. The van der Waals surface area contributed by atoms with E-state index in [1.165, 1.54) is 19.3 Å². The quantitative estimate of drug-likeness (QED) is 0.702. The molecule has 0 heterocycles. The van der Waals surface area contributed by atoms with Gasteiger partial charge in [0.25, 0.3) is 0 Å². The van der Waals surface area contributed by atoms with E-state index >= 15 is 0 Å². The lowest BCUT2D eigenvalue weighted by Gasteiger charge is -2.22. The van der Waals surface area contributed by atoms with Crippen LogP contribution in [0, 0.1) is 11.3 Å². The molecule has 16 heavy (non-hydrogen) atoms. The van der Waals surface area contributed by atoms with E-state index in [0.717, 1.165) is 32.3 Å². The van der Waals surface area contributed by atoms with Gasteiger partial charge in [0.05, 0.1) is 12.2 Å². The van der Waals surface area contributed by atoms with Gasteiger partial charge in [-0.05, 0) is 32.1 Å². The summed E-state index contributed by atoms with van der Waals surface area (Å²) in [6, 6.07) is 3.08. The fraction of sp³-hybridized carbons (Fsp3) is 0.923. The van der Waals surface area contributed by atoms with E-state index < -0.39 is 0 Å². The minimum atomic E-state index is -0.280. The van der Waals surface area contributed by atoms with Crippen LogP contribution in [0.4, 0.5) is 0 Å². The summed E-state index contributed by atoms with van der Waals surface area (Å²) in [6.45, 7) is 3.03. The van der Waals surface area contributed by atoms with Crippen LogP contribution in [0.1, 0.15) is 51.9 Å². The lowest BCUT2D eigenvalue weighted by molar-refractivity contribution is 0.0527. The van der Waals surface area contributed by atoms with Crippen LogP contribution in [0.5, 0.6) is 0 Å². The second-order valence-corrected chi connectivity index (χ2v) is 5.20. The predicted octanol–water partition coefficient (Wildman–Crippen LogP) is 2.37. The molecule has 0 aromatic heterocycles. The number of unbranched alkanes of at least 4 members (excludes halogenated alkanes) is 1. The molecule has 2 unspecified atom stereocenters. The molecule has 3 nitrogen and oxygen atoms in total. The molecule has 0 aromatic carbocycles. The minimum absolute atomic E-state index is 0.280. The summed E-state index contributed by atoms with van der Waals surface area (Å²) in [4.78, 5) is 0. The van der Waals surface area contributed by atoms with Crippen LogP contribution < -0.4 is 5.32 Å². The van der Waals surface area contributed by atoms with Gasteiger partial charge in [-0.15, -0.1) is 0 Å². The SMILES string of the molecule is CCCCOC1CCC(C#N)(NC2CC2)C1. The first-order chi connectivity index (χ1) is 7.78. The lowest BCUT2D eigenvalue weighted by Crippen LogP contribution is -2.43. The van der Waals surface area contributed by atoms with Crippen LogP contribution in [-0.2, 0) is 4.74 Å². The van der Waals surface area contributed by atoms with Crippen LogP contribution >= 0.6 is 0 Å². The maximum atomic E-state index is 9.31. The van der Waals surface area contributed by atoms with E-state index in [1.54, 1.807) is 0 Å². The number of hydrogen-bond acceptors (Lipinski definition) is 3. The summed E-state index contributed by atoms with van der Waals surface area (Å²) in [5.74, 6) is 0. The molecule has 2 aliphatic carbocycles. The Morgan fingerprint density at radius 3 is 2.88 bits per heavy atom. The molecule has 0 aliphatic heterocycles. The van der Waals surface area contributed by atoms with E-state index in [0.29, 0.717) is 12.1 Å². The fourth-order valence-electron chi connectivity index (χ4n) is 2.42. The highest BCUT2D eigenvalue weighted by Crippen LogP contribution is 2.35. The average Bonchev–Trinajstić information content (AvgIpc) is 3.00. The third kappa shape index (κ3) is 2.96. The Balaban J connectivity index is 1.77. The molecule has 0 radical (unpaired) electrons. The van der Waals surface area contributed by atoms with Crippen molar-refractivity contribution in [1.82, 2.24) is 5.32 Å². The molecular formula is C13H22N2O. The zero-order chi connectivity index (χ0) is 11.4. The Morgan fingerprint density at radius 1 is 1.44 bits per heavy atom. The van der Waals surface area contributed by atoms with Crippen molar-refractivity contribution in [2.24, 2.45) is 0 Å². The first-order valence-electron chi connectivity index (χ1n) is 6.58. The zero-order valence-electron chi connectivity index (χ0n) is 10.2. The number of hydrogen-bond donors (Lipinski definition) is 1. The van der Waals surface area contributed by atoms with Gasteiger partial charge < -0.3 is 4.74 Å². The highest BCUT2D eigenvalue weighted by Gasteiger charge is 2.43. The Kier molecular flexibility index (Phi) is 3.83. The Hall–Kier alpha value is -0.590. The molecule has 2 fully saturated rings. The molecule has 0 saturated heterocycles. The predicted molar refractivity (Wildman–Crippen MR) is 63.0 cm³/mol. The largest absolute Gasteiger partial charge is 0.378 e. The summed E-state index contributed by atoms with van der Waals surface area (Å²) in [5, 5.41) is 12.8. The lowest BCUT2D eigenvalue weighted by atomic mass is 9.99.